The van der Waals surface area contributed by atoms with E-state index in [1.807, 2.05) is 52.8 Å². The number of Topliss-reactive ketones (excluding diaryl/α,β-unsaturated/α-hetero) is 3. The van der Waals surface area contributed by atoms with E-state index in [1.54, 1.807) is 6.92 Å². The summed E-state index contributed by atoms with van der Waals surface area (Å²) < 4.78 is 10.9. The third-order valence-electron chi connectivity index (χ3n) is 5.81. The van der Waals surface area contributed by atoms with Crippen LogP contribution in [0.25, 0.3) is 0 Å². The van der Waals surface area contributed by atoms with Gasteiger partial charge in [0.25, 0.3) is 0 Å². The zero-order valence-corrected chi connectivity index (χ0v) is 24.5. The second kappa shape index (κ2) is 24.0. The van der Waals surface area contributed by atoms with Crippen molar-refractivity contribution in [1.82, 2.24) is 0 Å². The maximum atomic E-state index is 12.6. The van der Waals surface area contributed by atoms with Crippen molar-refractivity contribution < 1.29 is 28.7 Å². The summed E-state index contributed by atoms with van der Waals surface area (Å²) in [5.74, 6) is 0.725. The largest absolute Gasteiger partial charge is 0.382 e. The smallest absolute Gasteiger partial charge is 0.167 e. The number of anilines is 1. The quantitative estimate of drug-likeness (QED) is 0.147. The molecule has 2 atom stereocenters. The van der Waals surface area contributed by atoms with Crippen LogP contribution in [0.1, 0.15) is 96.5 Å². The Morgan fingerprint density at radius 1 is 0.973 bits per heavy atom. The Hall–Kier alpha value is -2.38. The second-order valence-electron chi connectivity index (χ2n) is 9.00. The van der Waals surface area contributed by atoms with Gasteiger partial charge in [0.1, 0.15) is 17.9 Å². The fourth-order valence-electron chi connectivity index (χ4n) is 3.06. The Morgan fingerprint density at radius 2 is 1.57 bits per heavy atom. The number of ether oxygens (including phenoxy) is 2. The van der Waals surface area contributed by atoms with Crippen molar-refractivity contribution in [3.05, 3.63) is 29.3 Å². The van der Waals surface area contributed by atoms with Crippen LogP contribution >= 0.6 is 0 Å². The molecular formula is C30H51NO6. The maximum absolute atomic E-state index is 12.6. The highest BCUT2D eigenvalue weighted by molar-refractivity contribution is 6.03. The third-order valence-corrected chi connectivity index (χ3v) is 5.81. The topological polar surface area (TPSA) is 98.8 Å². The number of rotatable bonds is 17. The lowest BCUT2D eigenvalue weighted by Crippen LogP contribution is -2.17. The van der Waals surface area contributed by atoms with Crippen LogP contribution in [0.3, 0.4) is 0 Å². The minimum absolute atomic E-state index is 0.0450. The molecule has 212 valence electrons. The summed E-state index contributed by atoms with van der Waals surface area (Å²) in [6.07, 6.45) is 4.49. The van der Waals surface area contributed by atoms with Gasteiger partial charge in [-0.15, -0.1) is 0 Å². The Kier molecular flexibility index (Phi) is 23.8. The molecule has 0 spiro atoms. The zero-order chi connectivity index (χ0) is 28.6. The molecule has 0 aliphatic carbocycles. The molecule has 1 aromatic rings. The summed E-state index contributed by atoms with van der Waals surface area (Å²) in [7, 11) is 0. The Balaban J connectivity index is 0. The average molecular weight is 522 g/mol. The molecule has 0 radical (unpaired) electrons. The van der Waals surface area contributed by atoms with E-state index in [4.69, 9.17) is 14.3 Å². The number of aldehydes is 1. The van der Waals surface area contributed by atoms with Crippen molar-refractivity contribution in [3.63, 3.8) is 0 Å². The highest BCUT2D eigenvalue weighted by Gasteiger charge is 2.18. The van der Waals surface area contributed by atoms with E-state index in [0.717, 1.165) is 42.5 Å². The number of carbonyl (C=O) groups is 4. The van der Waals surface area contributed by atoms with Crippen LogP contribution in [0.5, 0.6) is 0 Å². The standard InChI is InChI=1S/C19H31NO3.C9H16O2.C2H4O/c1-5-11-22-13-14-23-12-10-20-17-9-7-8-16(4)18(17)19(21)15(3)6-2;1-4-9(11)6-5-7(2)8(3)10;1-2-3/h7-9,15,20H,5-6,10-14H2,1-4H3;7H,4-6H2,1-3H3;2H,1H3. The molecule has 37 heavy (non-hydrogen) atoms. The molecule has 0 bridgehead atoms. The van der Waals surface area contributed by atoms with Gasteiger partial charge >= 0.3 is 0 Å². The van der Waals surface area contributed by atoms with E-state index in [-0.39, 0.29) is 29.2 Å². The van der Waals surface area contributed by atoms with Crippen LogP contribution in [0, 0.1) is 18.8 Å². The molecule has 0 saturated heterocycles. The third kappa shape index (κ3) is 18.5. The molecule has 0 amide bonds. The number of nitrogens with one attached hydrogen (secondary N) is 1. The van der Waals surface area contributed by atoms with E-state index in [9.17, 15) is 14.4 Å². The van der Waals surface area contributed by atoms with Crippen molar-refractivity contribution >= 4 is 29.3 Å². The molecule has 0 saturated carbocycles. The summed E-state index contributed by atoms with van der Waals surface area (Å²) in [6.45, 7) is 18.1. The summed E-state index contributed by atoms with van der Waals surface area (Å²) in [4.78, 5) is 42.9. The van der Waals surface area contributed by atoms with Gasteiger partial charge in [-0.05, 0) is 51.7 Å². The molecule has 0 aliphatic rings. The van der Waals surface area contributed by atoms with Gasteiger partial charge in [0.05, 0.1) is 19.8 Å². The van der Waals surface area contributed by atoms with Gasteiger partial charge in [-0.3, -0.25) is 14.4 Å². The van der Waals surface area contributed by atoms with Gasteiger partial charge in [0, 0.05) is 49.1 Å². The number of hydrogen-bond donors (Lipinski definition) is 1. The molecule has 7 heteroatoms. The lowest BCUT2D eigenvalue weighted by Gasteiger charge is -2.16. The first-order valence-corrected chi connectivity index (χ1v) is 13.6. The average Bonchev–Trinajstić information content (AvgIpc) is 2.88. The molecule has 1 rings (SSSR count). The number of benzene rings is 1. The molecular weight excluding hydrogens is 470 g/mol. The molecule has 1 N–H and O–H groups in total. The van der Waals surface area contributed by atoms with Gasteiger partial charge in [-0.1, -0.05) is 46.8 Å². The summed E-state index contributed by atoms with van der Waals surface area (Å²) >= 11 is 0. The van der Waals surface area contributed by atoms with Crippen LogP contribution in [0.15, 0.2) is 18.2 Å². The van der Waals surface area contributed by atoms with Crippen LogP contribution < -0.4 is 5.32 Å². The number of hydrogen-bond acceptors (Lipinski definition) is 7. The SMILES string of the molecule is CC=O.CCC(=O)CCC(C)C(C)=O.CCCOCCOCCNc1cccc(C)c1C(=O)C(C)CC. The first-order valence-electron chi connectivity index (χ1n) is 13.6. The highest BCUT2D eigenvalue weighted by Crippen LogP contribution is 2.24. The fraction of sp³-hybridized carbons (Fsp3) is 0.667. The van der Waals surface area contributed by atoms with Gasteiger partial charge in [0.15, 0.2) is 5.78 Å². The second-order valence-corrected chi connectivity index (χ2v) is 9.00. The molecule has 0 heterocycles. The molecule has 0 fully saturated rings. The minimum Gasteiger partial charge on any atom is -0.382 e. The molecule has 0 aromatic heterocycles. The Labute approximate surface area is 225 Å². The normalized spacial score (nSPS) is 11.7. The predicted octanol–water partition coefficient (Wildman–Crippen LogP) is 6.25. The number of ketones is 3. The van der Waals surface area contributed by atoms with Crippen molar-refractivity contribution in [2.24, 2.45) is 11.8 Å². The lowest BCUT2D eigenvalue weighted by atomic mass is 9.92. The molecule has 0 aliphatic heterocycles. The summed E-state index contributed by atoms with van der Waals surface area (Å²) in [5, 5.41) is 3.33. The van der Waals surface area contributed by atoms with E-state index in [0.29, 0.717) is 45.6 Å². The molecule has 7 nitrogen and oxygen atoms in total. The maximum Gasteiger partial charge on any atom is 0.167 e. The van der Waals surface area contributed by atoms with Gasteiger partial charge < -0.3 is 19.6 Å². The van der Waals surface area contributed by atoms with E-state index >= 15 is 0 Å². The van der Waals surface area contributed by atoms with Crippen LogP contribution in [-0.4, -0.2) is 56.6 Å². The van der Waals surface area contributed by atoms with Crippen molar-refractivity contribution in [2.75, 3.05) is 38.3 Å². The van der Waals surface area contributed by atoms with E-state index in [2.05, 4.69) is 12.2 Å². The van der Waals surface area contributed by atoms with Crippen LogP contribution in [-0.2, 0) is 23.9 Å². The predicted molar refractivity (Wildman–Crippen MR) is 151 cm³/mol. The van der Waals surface area contributed by atoms with Crippen LogP contribution in [0.4, 0.5) is 5.69 Å². The van der Waals surface area contributed by atoms with E-state index < -0.39 is 0 Å². The van der Waals surface area contributed by atoms with Gasteiger partial charge in [-0.25, -0.2) is 0 Å². The van der Waals surface area contributed by atoms with Crippen molar-refractivity contribution in [3.8, 4) is 0 Å². The monoisotopic (exact) mass is 521 g/mol. The lowest BCUT2D eigenvalue weighted by molar-refractivity contribution is -0.121. The zero-order valence-electron chi connectivity index (χ0n) is 24.5. The van der Waals surface area contributed by atoms with Gasteiger partial charge in [0.2, 0.25) is 0 Å². The first kappa shape index (κ1) is 36.8. The Morgan fingerprint density at radius 3 is 2.08 bits per heavy atom. The van der Waals surface area contributed by atoms with Crippen molar-refractivity contribution in [2.45, 2.75) is 87.5 Å². The number of aryl methyl sites for hydroxylation is 1. The summed E-state index contributed by atoms with van der Waals surface area (Å²) in [5.41, 5.74) is 2.74. The Bertz CT molecular complexity index is 777. The fourth-order valence-corrected chi connectivity index (χ4v) is 3.06. The molecule has 2 unspecified atom stereocenters. The van der Waals surface area contributed by atoms with Crippen molar-refractivity contribution in [1.29, 1.82) is 0 Å². The first-order chi connectivity index (χ1) is 17.6. The number of carbonyl (C=O) groups excluding carboxylic acids is 4. The van der Waals surface area contributed by atoms with Gasteiger partial charge in [-0.2, -0.15) is 0 Å². The van der Waals surface area contributed by atoms with E-state index in [1.165, 1.54) is 6.92 Å². The molecule has 1 aromatic carbocycles. The minimum atomic E-state index is 0.0450. The summed E-state index contributed by atoms with van der Waals surface area (Å²) in [6, 6.07) is 5.93. The van der Waals surface area contributed by atoms with Crippen LogP contribution in [0.2, 0.25) is 0 Å². The highest BCUT2D eigenvalue weighted by atomic mass is 16.5.